The van der Waals surface area contributed by atoms with E-state index in [1.807, 2.05) is 0 Å². The van der Waals surface area contributed by atoms with Crippen LogP contribution in [0.5, 0.6) is 0 Å². The molecule has 0 aromatic heterocycles. The Bertz CT molecular complexity index is 71.6. The summed E-state index contributed by atoms with van der Waals surface area (Å²) < 4.78 is 59.4. The molecule has 0 saturated heterocycles. The maximum atomic E-state index is 9.90. The molecule has 0 saturated carbocycles. The quantitative estimate of drug-likeness (QED) is 0.389. The van der Waals surface area contributed by atoms with Crippen molar-refractivity contribution in [3.8, 4) is 0 Å². The first-order valence-corrected chi connectivity index (χ1v) is 3.93. The normalized spacial score (nSPS) is 16.2. The molecule has 0 heterocycles. The molecule has 0 rings (SSSR count). The number of rotatable bonds is 0. The molecular weight excluding hydrogens is 183 g/mol. The van der Waals surface area contributed by atoms with Crippen molar-refractivity contribution >= 4 is 13.7 Å². The van der Waals surface area contributed by atoms with Crippen molar-refractivity contribution in [3.05, 3.63) is 0 Å². The van der Waals surface area contributed by atoms with E-state index in [9.17, 15) is 21.1 Å². The van der Waals surface area contributed by atoms with Crippen LogP contribution in [-0.2, 0) is 0 Å². The molecule has 3 nitrogen and oxygen atoms in total. The summed E-state index contributed by atoms with van der Waals surface area (Å²) in [5, 5.41) is 0. The second-order valence-corrected chi connectivity index (χ2v) is 3.71. The minimum atomic E-state index is -11.0. The SMILES string of the molecule is [F][Al-3]([F])([F])([F])([F])[F].[NH4+].[NH4+].[NH4+]. The second kappa shape index (κ2) is 2.56. The Kier molecular flexibility index (Phi) is 5.75. The molecule has 0 aromatic carbocycles. The van der Waals surface area contributed by atoms with Crippen LogP contribution in [0.25, 0.3) is 0 Å². The maximum absolute atomic E-state index is 11.0. The van der Waals surface area contributed by atoms with Crippen molar-refractivity contribution < 1.29 is 21.1 Å². The average Bonchev–Trinajstić information content (AvgIpc) is 0.592. The predicted molar refractivity (Wildman–Crippen MR) is 30.4 cm³/mol. The topological polar surface area (TPSA) is 110 Å². The van der Waals surface area contributed by atoms with Crippen LogP contribution in [0.15, 0.2) is 0 Å². The van der Waals surface area contributed by atoms with E-state index in [2.05, 4.69) is 0 Å². The summed E-state index contributed by atoms with van der Waals surface area (Å²) in [6, 6.07) is 0. The maximum Gasteiger partial charge on any atom is -0.369 e. The summed E-state index contributed by atoms with van der Waals surface area (Å²) in [5.74, 6) is 0. The fourth-order valence-corrected chi connectivity index (χ4v) is 0. The van der Waals surface area contributed by atoms with E-state index < -0.39 is 13.7 Å². The second-order valence-electron chi connectivity index (χ2n) is 1.24. The smallest absolute Gasteiger partial charge is 0.369 e. The van der Waals surface area contributed by atoms with Gasteiger partial charge in [0, 0.05) is 0 Å². The molecule has 0 aliphatic carbocycles. The van der Waals surface area contributed by atoms with Crippen molar-refractivity contribution in [1.82, 2.24) is 18.5 Å². The molecule has 0 aromatic rings. The van der Waals surface area contributed by atoms with Crippen molar-refractivity contribution in [3.63, 3.8) is 0 Å². The monoisotopic (exact) mass is 195 g/mol. The van der Waals surface area contributed by atoms with Crippen LogP contribution >= 0.6 is 0 Å². The minimum absolute atomic E-state index is 0. The molecule has 72 valence electrons. The fraction of sp³-hybridized carbons (Fsp3) is 0. The number of halogens is 6. The third kappa shape index (κ3) is 6890000. The molecule has 0 fully saturated rings. The molecule has 0 amide bonds. The Morgan fingerprint density at radius 1 is 0.500 bits per heavy atom. The number of hydrogen-bond acceptors (Lipinski definition) is 0. The van der Waals surface area contributed by atoms with Crippen LogP contribution in [0.4, 0.5) is 21.1 Å². The van der Waals surface area contributed by atoms with Gasteiger partial charge in [-0.2, -0.15) is 0 Å². The van der Waals surface area contributed by atoms with Gasteiger partial charge >= 0.3 is 34.8 Å². The van der Waals surface area contributed by atoms with Gasteiger partial charge in [0.15, 0.2) is 0 Å². The van der Waals surface area contributed by atoms with Gasteiger partial charge in [-0.3, -0.25) is 0 Å². The zero-order chi connectivity index (χ0) is 6.41. The standard InChI is InChI=1S/Al.6FH.3H3N/h;6*1H;3*1H3/q+3;;;;;;;;;/p-3. The molecule has 10 heteroatoms. The molecule has 0 unspecified atom stereocenters. The first-order valence-electron chi connectivity index (χ1n) is 1.31. The molecule has 0 radical (unpaired) electrons. The molecule has 0 aliphatic heterocycles. The number of quaternary nitrogens is 3. The van der Waals surface area contributed by atoms with Gasteiger partial charge in [0.05, 0.1) is 0 Å². The van der Waals surface area contributed by atoms with Gasteiger partial charge in [-0.05, 0) is 0 Å². The van der Waals surface area contributed by atoms with Gasteiger partial charge in [0.1, 0.15) is 0 Å². The van der Waals surface area contributed by atoms with Crippen LogP contribution in [0.3, 0.4) is 0 Å². The first-order chi connectivity index (χ1) is 2.45. The third-order valence-electron chi connectivity index (χ3n) is 0. The zero-order valence-corrected chi connectivity index (χ0v) is 7.00. The molecular formula is H12AlF6N3. The van der Waals surface area contributed by atoms with E-state index in [-0.39, 0.29) is 18.5 Å². The van der Waals surface area contributed by atoms with Crippen molar-refractivity contribution in [2.75, 3.05) is 0 Å². The summed E-state index contributed by atoms with van der Waals surface area (Å²) in [6.45, 7) is 0. The van der Waals surface area contributed by atoms with Crippen LogP contribution < -0.4 is 18.5 Å². The van der Waals surface area contributed by atoms with Crippen LogP contribution in [0, 0.1) is 0 Å². The van der Waals surface area contributed by atoms with E-state index >= 15 is 0 Å². The van der Waals surface area contributed by atoms with Gasteiger partial charge in [0.2, 0.25) is 0 Å². The van der Waals surface area contributed by atoms with E-state index in [4.69, 9.17) is 0 Å². The van der Waals surface area contributed by atoms with Crippen molar-refractivity contribution in [2.24, 2.45) is 0 Å². The predicted octanol–water partition coefficient (Wildman–Crippen LogP) is 3.27. The van der Waals surface area contributed by atoms with E-state index in [0.717, 1.165) is 0 Å². The van der Waals surface area contributed by atoms with E-state index in [1.165, 1.54) is 0 Å². The largest absolute Gasteiger partial charge is 0.369 e. The number of hydrogen-bond donors (Lipinski definition) is 3. The average molecular weight is 195 g/mol. The molecule has 12 N–H and O–H groups in total. The summed E-state index contributed by atoms with van der Waals surface area (Å²) in [4.78, 5) is 0. The van der Waals surface area contributed by atoms with Crippen LogP contribution in [-0.4, -0.2) is 13.7 Å². The van der Waals surface area contributed by atoms with Crippen molar-refractivity contribution in [2.45, 2.75) is 0 Å². The zero-order valence-electron chi connectivity index (χ0n) is 5.85. The molecule has 0 aliphatic rings. The minimum Gasteiger partial charge on any atom is -0.369 e. The Morgan fingerprint density at radius 2 is 0.500 bits per heavy atom. The Balaban J connectivity index is -0.0000000600. The van der Waals surface area contributed by atoms with Gasteiger partial charge in [-0.1, -0.05) is 0 Å². The van der Waals surface area contributed by atoms with E-state index in [1.54, 1.807) is 0 Å². The van der Waals surface area contributed by atoms with Gasteiger partial charge in [0.25, 0.3) is 0 Å². The summed E-state index contributed by atoms with van der Waals surface area (Å²) in [5.41, 5.74) is 0. The molecule has 10 heavy (non-hydrogen) atoms. The van der Waals surface area contributed by atoms with Gasteiger partial charge in [-0.25, -0.2) is 0 Å². The first kappa shape index (κ1) is 22.5. The molecule has 0 spiro atoms. The Morgan fingerprint density at radius 3 is 0.500 bits per heavy atom. The Hall–Kier alpha value is -0.00753. The molecule has 0 bridgehead atoms. The summed E-state index contributed by atoms with van der Waals surface area (Å²) in [7, 11) is 0. The van der Waals surface area contributed by atoms with Crippen LogP contribution in [0.2, 0.25) is 0 Å². The summed E-state index contributed by atoms with van der Waals surface area (Å²) in [6.07, 6.45) is 0. The fourth-order valence-electron chi connectivity index (χ4n) is 0. The van der Waals surface area contributed by atoms with Gasteiger partial charge < -0.3 is 18.5 Å². The molecule has 0 atom stereocenters. The Labute approximate surface area is 54.3 Å². The van der Waals surface area contributed by atoms with Crippen molar-refractivity contribution in [1.29, 1.82) is 0 Å². The van der Waals surface area contributed by atoms with E-state index in [0.29, 0.717) is 0 Å². The third-order valence-corrected chi connectivity index (χ3v) is 0. The van der Waals surface area contributed by atoms with Crippen LogP contribution in [0.1, 0.15) is 0 Å². The van der Waals surface area contributed by atoms with Gasteiger partial charge in [-0.15, -0.1) is 0 Å². The summed E-state index contributed by atoms with van der Waals surface area (Å²) >= 11 is -11.0.